The molecule has 1 N–H and O–H groups in total. The predicted molar refractivity (Wildman–Crippen MR) is 139 cm³/mol. The number of carbonyl (C=O) groups excluding carboxylic acids is 4. The van der Waals surface area contributed by atoms with Crippen LogP contribution in [0.15, 0.2) is 60.2 Å². The highest BCUT2D eigenvalue weighted by atomic mass is 35.5. The van der Waals surface area contributed by atoms with Gasteiger partial charge in [-0.15, -0.1) is 23.2 Å². The normalized spacial score (nSPS) is 33.6. The predicted octanol–water partition coefficient (Wildman–Crippen LogP) is 3.49. The molecule has 2 aromatic carbocycles. The van der Waals surface area contributed by atoms with Crippen LogP contribution in [-0.4, -0.2) is 55.4 Å². The van der Waals surface area contributed by atoms with Crippen molar-refractivity contribution in [2.24, 2.45) is 17.8 Å². The molecule has 2 aliphatic carbocycles. The molecule has 6 rings (SSSR count). The lowest BCUT2D eigenvalue weighted by Crippen LogP contribution is -2.60. The van der Waals surface area contributed by atoms with Crippen LogP contribution in [0.4, 0.5) is 11.4 Å². The highest BCUT2D eigenvalue weighted by Crippen LogP contribution is 2.65. The average molecular weight is 570 g/mol. The van der Waals surface area contributed by atoms with E-state index in [1.54, 1.807) is 18.2 Å². The van der Waals surface area contributed by atoms with Crippen LogP contribution in [-0.2, 0) is 19.2 Å². The molecule has 0 spiro atoms. The van der Waals surface area contributed by atoms with Gasteiger partial charge in [0.15, 0.2) is 9.75 Å². The quantitative estimate of drug-likeness (QED) is 0.196. The highest BCUT2D eigenvalue weighted by molar-refractivity contribution is 6.53. The van der Waals surface area contributed by atoms with E-state index in [1.165, 1.54) is 43.4 Å². The number of carbonyl (C=O) groups is 4. The number of phenolic OH excluding ortho intramolecular Hbond substituents is 1. The van der Waals surface area contributed by atoms with E-state index in [1.807, 2.05) is 0 Å². The maximum Gasteiger partial charge on any atom is 0.269 e. The summed E-state index contributed by atoms with van der Waals surface area (Å²) in [6.07, 6.45) is 1.82. The van der Waals surface area contributed by atoms with Gasteiger partial charge in [0.2, 0.25) is 11.8 Å². The number of nitro groups is 1. The summed E-state index contributed by atoms with van der Waals surface area (Å²) in [6, 6.07) is 11.3. The van der Waals surface area contributed by atoms with Gasteiger partial charge in [0.05, 0.1) is 22.4 Å². The molecule has 4 aliphatic rings. The molecule has 39 heavy (non-hydrogen) atoms. The van der Waals surface area contributed by atoms with Gasteiger partial charge in [0.25, 0.3) is 17.5 Å². The Balaban J connectivity index is 1.48. The molecule has 0 aromatic heterocycles. The van der Waals surface area contributed by atoms with E-state index in [9.17, 15) is 34.4 Å². The fourth-order valence-corrected chi connectivity index (χ4v) is 7.82. The van der Waals surface area contributed by atoms with Crippen LogP contribution < -0.4 is 4.90 Å². The van der Waals surface area contributed by atoms with Crippen molar-refractivity contribution in [3.05, 3.63) is 75.9 Å². The van der Waals surface area contributed by atoms with E-state index in [0.717, 1.165) is 9.80 Å². The molecule has 4 amide bonds. The Morgan fingerprint density at radius 2 is 1.69 bits per heavy atom. The number of nitro benzene ring substituents is 1. The molecule has 6 atom stereocenters. The Labute approximate surface area is 231 Å². The number of alkyl halides is 2. The molecule has 0 bridgehead atoms. The second kappa shape index (κ2) is 8.37. The summed E-state index contributed by atoms with van der Waals surface area (Å²) >= 11 is 14.1. The van der Waals surface area contributed by atoms with Gasteiger partial charge in [-0.1, -0.05) is 23.8 Å². The van der Waals surface area contributed by atoms with E-state index in [-0.39, 0.29) is 30.0 Å². The van der Waals surface area contributed by atoms with Gasteiger partial charge in [-0.25, -0.2) is 0 Å². The molecule has 0 unspecified atom stereocenters. The minimum Gasteiger partial charge on any atom is -0.508 e. The summed E-state index contributed by atoms with van der Waals surface area (Å²) in [7, 11) is 1.30. The van der Waals surface area contributed by atoms with Gasteiger partial charge in [-0.05, 0) is 48.6 Å². The third-order valence-electron chi connectivity index (χ3n) is 8.54. The third-order valence-corrected chi connectivity index (χ3v) is 9.95. The van der Waals surface area contributed by atoms with Crippen molar-refractivity contribution in [2.45, 2.75) is 28.5 Å². The number of fused-ring (bicyclic) bond motifs is 4. The summed E-state index contributed by atoms with van der Waals surface area (Å²) < 4.78 is 0. The zero-order valence-electron chi connectivity index (χ0n) is 20.4. The second-order valence-electron chi connectivity index (χ2n) is 10.4. The Kier molecular flexibility index (Phi) is 5.47. The standard InChI is InChI=1S/C27H21Cl2N3O7/c1-30-24(36)26(28)12-19-17(21(27(26,29)25(30)37)13-3-2-4-16(33)11-13)9-10-18-20(19)23(35)31(22(18)34)14-5-7-15(8-6-14)32(38)39/h2-9,11,18-21,33H,10,12H2,1H3/t18-,19+,20-,21-,26+,27-/m0/s1. The molecular weight excluding hydrogens is 549 g/mol. The molecule has 12 heteroatoms. The molecule has 200 valence electrons. The van der Waals surface area contributed by atoms with Crippen LogP contribution in [0.25, 0.3) is 0 Å². The number of allylic oxidation sites excluding steroid dienone is 2. The molecule has 3 fully saturated rings. The third kappa shape index (κ3) is 3.21. The number of nitrogens with zero attached hydrogens (tertiary/aromatic N) is 3. The van der Waals surface area contributed by atoms with E-state index in [4.69, 9.17) is 23.2 Å². The number of rotatable bonds is 3. The van der Waals surface area contributed by atoms with Crippen molar-refractivity contribution < 1.29 is 29.2 Å². The van der Waals surface area contributed by atoms with Gasteiger partial charge < -0.3 is 5.11 Å². The number of benzene rings is 2. The first-order valence-corrected chi connectivity index (χ1v) is 13.0. The van der Waals surface area contributed by atoms with Crippen molar-refractivity contribution in [3.8, 4) is 5.75 Å². The second-order valence-corrected chi connectivity index (χ2v) is 11.6. The van der Waals surface area contributed by atoms with E-state index >= 15 is 0 Å². The monoisotopic (exact) mass is 569 g/mol. The van der Waals surface area contributed by atoms with Gasteiger partial charge in [-0.3, -0.25) is 39.1 Å². The maximum atomic E-state index is 13.9. The maximum absolute atomic E-state index is 13.9. The lowest BCUT2D eigenvalue weighted by Gasteiger charge is -2.50. The van der Waals surface area contributed by atoms with Gasteiger partial charge >= 0.3 is 0 Å². The summed E-state index contributed by atoms with van der Waals surface area (Å²) in [4.78, 5) is 62.9. The zero-order valence-corrected chi connectivity index (χ0v) is 21.9. The van der Waals surface area contributed by atoms with Crippen LogP contribution in [0.1, 0.15) is 24.3 Å². The molecule has 2 saturated heterocycles. The number of hydrogen-bond donors (Lipinski definition) is 1. The first-order valence-electron chi connectivity index (χ1n) is 12.2. The number of anilines is 1. The van der Waals surface area contributed by atoms with Crippen molar-refractivity contribution in [1.29, 1.82) is 0 Å². The lowest BCUT2D eigenvalue weighted by molar-refractivity contribution is -0.384. The smallest absolute Gasteiger partial charge is 0.269 e. The number of aromatic hydroxyl groups is 1. The summed E-state index contributed by atoms with van der Waals surface area (Å²) in [5.74, 6) is -5.73. The van der Waals surface area contributed by atoms with Crippen LogP contribution in [0.5, 0.6) is 5.75 Å². The number of amides is 4. The Bertz CT molecular complexity index is 1530. The number of non-ortho nitro benzene ring substituents is 1. The Hall–Kier alpha value is -3.76. The van der Waals surface area contributed by atoms with E-state index in [0.29, 0.717) is 11.1 Å². The van der Waals surface area contributed by atoms with E-state index in [2.05, 4.69) is 0 Å². The summed E-state index contributed by atoms with van der Waals surface area (Å²) in [6.45, 7) is 0. The first kappa shape index (κ1) is 25.5. The van der Waals surface area contributed by atoms with Gasteiger partial charge in [-0.2, -0.15) is 0 Å². The van der Waals surface area contributed by atoms with Crippen LogP contribution in [0.2, 0.25) is 0 Å². The molecule has 0 radical (unpaired) electrons. The SMILES string of the molecule is CN1C(=O)[C@]2(Cl)C[C@@H]3C(=CC[C@@H]4C(=O)N(c5ccc([N+](=O)[O-])cc5)C(=O)[C@@H]43)[C@H](c3cccc(O)c3)[C@]2(Cl)C1=O. The number of phenols is 1. The topological polar surface area (TPSA) is 138 Å². The number of likely N-dealkylation sites (tertiary alicyclic amines) is 1. The van der Waals surface area contributed by atoms with Crippen molar-refractivity contribution >= 4 is 58.2 Å². The molecule has 2 aliphatic heterocycles. The number of imide groups is 2. The van der Waals surface area contributed by atoms with Gasteiger partial charge in [0, 0.05) is 25.1 Å². The lowest BCUT2D eigenvalue weighted by atomic mass is 9.56. The van der Waals surface area contributed by atoms with Crippen LogP contribution in [0, 0.1) is 27.9 Å². The minimum atomic E-state index is -1.92. The summed E-state index contributed by atoms with van der Waals surface area (Å²) in [5.41, 5.74) is 1.07. The molecule has 2 aromatic rings. The van der Waals surface area contributed by atoms with Crippen molar-refractivity contribution in [1.82, 2.24) is 4.90 Å². The molecule has 2 heterocycles. The first-order chi connectivity index (χ1) is 18.4. The van der Waals surface area contributed by atoms with Crippen molar-refractivity contribution in [2.75, 3.05) is 11.9 Å². The van der Waals surface area contributed by atoms with Crippen molar-refractivity contribution in [3.63, 3.8) is 0 Å². The van der Waals surface area contributed by atoms with Gasteiger partial charge in [0.1, 0.15) is 5.75 Å². The van der Waals surface area contributed by atoms with Crippen LogP contribution in [0.3, 0.4) is 0 Å². The minimum absolute atomic E-state index is 0.0778. The Morgan fingerprint density at radius 1 is 1.00 bits per heavy atom. The molecule has 10 nitrogen and oxygen atoms in total. The average Bonchev–Trinajstić information content (AvgIpc) is 3.23. The summed E-state index contributed by atoms with van der Waals surface area (Å²) in [5, 5.41) is 21.3. The fourth-order valence-electron chi connectivity index (χ4n) is 6.80. The van der Waals surface area contributed by atoms with E-state index < -0.39 is 62.0 Å². The van der Waals surface area contributed by atoms with Crippen LogP contribution >= 0.6 is 23.2 Å². The largest absolute Gasteiger partial charge is 0.508 e. The fraction of sp³-hybridized carbons (Fsp3) is 0.333. The number of halogens is 2. The Morgan fingerprint density at radius 3 is 2.33 bits per heavy atom. The zero-order chi connectivity index (χ0) is 28.0. The number of hydrogen-bond acceptors (Lipinski definition) is 7. The highest BCUT2D eigenvalue weighted by Gasteiger charge is 2.75. The molecular formula is C27H21Cl2N3O7. The molecule has 1 saturated carbocycles.